The van der Waals surface area contributed by atoms with Gasteiger partial charge in [0.1, 0.15) is 17.3 Å². The van der Waals surface area contributed by atoms with Crippen molar-refractivity contribution in [3.63, 3.8) is 0 Å². The third kappa shape index (κ3) is 1.69. The lowest BCUT2D eigenvalue weighted by atomic mass is 10.3. The fraction of sp³-hybridized carbons (Fsp3) is 0.500. The van der Waals surface area contributed by atoms with Gasteiger partial charge in [0.15, 0.2) is 4.77 Å². The number of hydrogen-bond acceptors (Lipinski definition) is 4. The Morgan fingerprint density at radius 1 is 1.62 bits per heavy atom. The number of hydrogen-bond donors (Lipinski definition) is 1. The van der Waals surface area contributed by atoms with Crippen LogP contribution in [-0.2, 0) is 6.54 Å². The average molecular weight is 236 g/mol. The molecule has 1 aliphatic carbocycles. The lowest BCUT2D eigenvalue weighted by molar-refractivity contribution is 0.388. The van der Waals surface area contributed by atoms with E-state index in [0.29, 0.717) is 17.2 Å². The summed E-state index contributed by atoms with van der Waals surface area (Å²) in [6.07, 6.45) is 2.41. The Hall–Kier alpha value is -1.43. The van der Waals surface area contributed by atoms with Crippen molar-refractivity contribution in [1.29, 1.82) is 0 Å². The molecule has 84 valence electrons. The molecule has 5 nitrogen and oxygen atoms in total. The maximum atomic E-state index is 5.21. The molecule has 0 amide bonds. The summed E-state index contributed by atoms with van der Waals surface area (Å²) in [5.41, 5.74) is 0.886. The van der Waals surface area contributed by atoms with Crippen LogP contribution < -0.4 is 0 Å². The van der Waals surface area contributed by atoms with Crippen molar-refractivity contribution in [1.82, 2.24) is 19.9 Å². The maximum Gasteiger partial charge on any atom is 0.195 e. The lowest BCUT2D eigenvalue weighted by Crippen LogP contribution is -2.04. The second kappa shape index (κ2) is 3.55. The highest BCUT2D eigenvalue weighted by molar-refractivity contribution is 7.71. The van der Waals surface area contributed by atoms with Crippen LogP contribution in [0.1, 0.15) is 36.0 Å². The van der Waals surface area contributed by atoms with E-state index in [4.69, 9.17) is 16.7 Å². The highest BCUT2D eigenvalue weighted by Gasteiger charge is 2.29. The minimum Gasteiger partial charge on any atom is -0.361 e. The first-order valence-corrected chi connectivity index (χ1v) is 5.72. The summed E-state index contributed by atoms with van der Waals surface area (Å²) in [6, 6.07) is 1.92. The van der Waals surface area contributed by atoms with E-state index in [9.17, 15) is 0 Å². The van der Waals surface area contributed by atoms with Gasteiger partial charge >= 0.3 is 0 Å². The summed E-state index contributed by atoms with van der Waals surface area (Å²) in [5.74, 6) is 2.43. The van der Waals surface area contributed by atoms with Gasteiger partial charge in [-0.15, -0.1) is 0 Å². The number of aromatic amines is 1. The molecule has 3 rings (SSSR count). The third-order valence-electron chi connectivity index (χ3n) is 2.73. The van der Waals surface area contributed by atoms with Crippen LogP contribution in [0.3, 0.4) is 0 Å². The Labute approximate surface area is 97.5 Å². The zero-order valence-corrected chi connectivity index (χ0v) is 9.75. The molecule has 0 bridgehead atoms. The van der Waals surface area contributed by atoms with Gasteiger partial charge in [-0.05, 0) is 32.0 Å². The molecular formula is C10H12N4OS. The number of aryl methyl sites for hydroxylation is 1. The van der Waals surface area contributed by atoms with E-state index < -0.39 is 0 Å². The summed E-state index contributed by atoms with van der Waals surface area (Å²) in [5, 5.41) is 11.1. The Morgan fingerprint density at radius 3 is 3.06 bits per heavy atom. The van der Waals surface area contributed by atoms with Crippen LogP contribution in [0.5, 0.6) is 0 Å². The van der Waals surface area contributed by atoms with Crippen molar-refractivity contribution in [3.05, 3.63) is 28.1 Å². The molecule has 0 unspecified atom stereocenters. The monoisotopic (exact) mass is 236 g/mol. The summed E-state index contributed by atoms with van der Waals surface area (Å²) in [6.45, 7) is 2.52. The molecule has 2 heterocycles. The highest BCUT2D eigenvalue weighted by atomic mass is 32.1. The number of rotatable bonds is 3. The minimum absolute atomic E-state index is 0.570. The van der Waals surface area contributed by atoms with Crippen LogP contribution in [0.4, 0.5) is 0 Å². The quantitative estimate of drug-likeness (QED) is 0.830. The van der Waals surface area contributed by atoms with Crippen LogP contribution >= 0.6 is 12.2 Å². The largest absolute Gasteiger partial charge is 0.361 e. The van der Waals surface area contributed by atoms with Gasteiger partial charge in [0.2, 0.25) is 0 Å². The number of H-pyrrole nitrogens is 1. The van der Waals surface area contributed by atoms with E-state index in [0.717, 1.165) is 17.3 Å². The summed E-state index contributed by atoms with van der Waals surface area (Å²) in [4.78, 5) is 0. The SMILES string of the molecule is Cc1cc(Cn2c(C3CC3)n[nH]c2=S)no1. The van der Waals surface area contributed by atoms with E-state index in [1.165, 1.54) is 12.8 Å². The van der Waals surface area contributed by atoms with Crippen molar-refractivity contribution in [3.8, 4) is 0 Å². The van der Waals surface area contributed by atoms with Crippen LogP contribution in [0.15, 0.2) is 10.6 Å². The van der Waals surface area contributed by atoms with Crippen molar-refractivity contribution >= 4 is 12.2 Å². The summed E-state index contributed by atoms with van der Waals surface area (Å²) in [7, 11) is 0. The van der Waals surface area contributed by atoms with E-state index in [2.05, 4.69) is 15.4 Å². The van der Waals surface area contributed by atoms with Crippen molar-refractivity contribution in [2.24, 2.45) is 0 Å². The average Bonchev–Trinajstić information content (AvgIpc) is 2.93. The van der Waals surface area contributed by atoms with Gasteiger partial charge < -0.3 is 4.52 Å². The van der Waals surface area contributed by atoms with Gasteiger partial charge in [-0.2, -0.15) is 5.10 Å². The Morgan fingerprint density at radius 2 is 2.44 bits per heavy atom. The number of nitrogens with zero attached hydrogens (tertiary/aromatic N) is 3. The minimum atomic E-state index is 0.570. The molecule has 0 spiro atoms. The van der Waals surface area contributed by atoms with Gasteiger partial charge in [0, 0.05) is 12.0 Å². The summed E-state index contributed by atoms with van der Waals surface area (Å²) >= 11 is 5.21. The molecule has 0 aliphatic heterocycles. The Balaban J connectivity index is 1.93. The van der Waals surface area contributed by atoms with Crippen LogP contribution in [0.25, 0.3) is 0 Å². The smallest absolute Gasteiger partial charge is 0.195 e. The molecule has 0 radical (unpaired) electrons. The second-order valence-electron chi connectivity index (χ2n) is 4.18. The molecule has 0 atom stereocenters. The molecule has 2 aromatic rings. The predicted molar refractivity (Wildman–Crippen MR) is 59.7 cm³/mol. The van der Waals surface area contributed by atoms with Crippen molar-refractivity contribution < 1.29 is 4.52 Å². The van der Waals surface area contributed by atoms with E-state index in [-0.39, 0.29) is 0 Å². The fourth-order valence-corrected chi connectivity index (χ4v) is 1.99. The molecular weight excluding hydrogens is 224 g/mol. The molecule has 1 N–H and O–H groups in total. The van der Waals surface area contributed by atoms with Crippen molar-refractivity contribution in [2.45, 2.75) is 32.2 Å². The van der Waals surface area contributed by atoms with E-state index >= 15 is 0 Å². The molecule has 0 saturated heterocycles. The van der Waals surface area contributed by atoms with Gasteiger partial charge in [-0.25, -0.2) is 0 Å². The molecule has 16 heavy (non-hydrogen) atoms. The molecule has 1 fully saturated rings. The van der Waals surface area contributed by atoms with E-state index in [1.807, 2.05) is 17.6 Å². The third-order valence-corrected chi connectivity index (χ3v) is 3.04. The van der Waals surface area contributed by atoms with Gasteiger partial charge in [-0.1, -0.05) is 5.16 Å². The second-order valence-corrected chi connectivity index (χ2v) is 4.56. The zero-order valence-electron chi connectivity index (χ0n) is 8.93. The maximum absolute atomic E-state index is 5.21. The first-order chi connectivity index (χ1) is 7.74. The molecule has 0 aromatic carbocycles. The topological polar surface area (TPSA) is 59.6 Å². The first kappa shape index (κ1) is 9.77. The normalized spacial score (nSPS) is 15.6. The van der Waals surface area contributed by atoms with E-state index in [1.54, 1.807) is 0 Å². The van der Waals surface area contributed by atoms with Crippen LogP contribution in [0.2, 0.25) is 0 Å². The lowest BCUT2D eigenvalue weighted by Gasteiger charge is -2.02. The zero-order chi connectivity index (χ0) is 11.1. The Bertz CT molecular complexity index is 563. The first-order valence-electron chi connectivity index (χ1n) is 5.31. The van der Waals surface area contributed by atoms with Gasteiger partial charge in [0.25, 0.3) is 0 Å². The van der Waals surface area contributed by atoms with Crippen LogP contribution in [0, 0.1) is 11.7 Å². The Kier molecular flexibility index (Phi) is 2.17. The molecule has 1 aliphatic rings. The predicted octanol–water partition coefficient (Wildman–Crippen LogP) is 2.16. The van der Waals surface area contributed by atoms with Crippen LogP contribution in [-0.4, -0.2) is 19.9 Å². The number of nitrogens with one attached hydrogen (secondary N) is 1. The molecule has 1 saturated carbocycles. The highest BCUT2D eigenvalue weighted by Crippen LogP contribution is 2.38. The summed E-state index contributed by atoms with van der Waals surface area (Å²) < 4.78 is 7.70. The number of aromatic nitrogens is 4. The van der Waals surface area contributed by atoms with Gasteiger partial charge in [0.05, 0.1) is 6.54 Å². The van der Waals surface area contributed by atoms with Gasteiger partial charge in [-0.3, -0.25) is 9.67 Å². The molecule has 2 aromatic heterocycles. The van der Waals surface area contributed by atoms with Crippen molar-refractivity contribution in [2.75, 3.05) is 0 Å². The molecule has 6 heteroatoms. The standard InChI is InChI=1S/C10H12N4OS/c1-6-4-8(13-15-6)5-14-9(7-2-3-7)11-12-10(14)16/h4,7H,2-3,5H2,1H3,(H,12,16). The fourth-order valence-electron chi connectivity index (χ4n) is 1.79.